The van der Waals surface area contributed by atoms with Crippen molar-refractivity contribution in [2.45, 2.75) is 19.5 Å². The first-order valence-corrected chi connectivity index (χ1v) is 9.58. The Balaban J connectivity index is 1.71. The summed E-state index contributed by atoms with van der Waals surface area (Å²) in [6.45, 7) is 2.25. The molecule has 0 spiro atoms. The van der Waals surface area contributed by atoms with E-state index in [1.54, 1.807) is 30.4 Å². The van der Waals surface area contributed by atoms with Gasteiger partial charge < -0.3 is 14.8 Å². The monoisotopic (exact) mass is 377 g/mol. The maximum atomic E-state index is 12.0. The molecule has 4 nitrogen and oxygen atoms in total. The highest BCUT2D eigenvalue weighted by molar-refractivity contribution is 7.10. The molecule has 0 aliphatic rings. The zero-order valence-corrected chi connectivity index (χ0v) is 15.6. The van der Waals surface area contributed by atoms with Crippen molar-refractivity contribution < 1.29 is 9.52 Å². The minimum atomic E-state index is -0.416. The van der Waals surface area contributed by atoms with Gasteiger partial charge in [0.25, 0.3) is 0 Å². The third-order valence-corrected chi connectivity index (χ3v) is 5.61. The molecule has 1 atom stereocenters. The third-order valence-electron chi connectivity index (χ3n) is 4.68. The molecule has 0 aliphatic heterocycles. The molecule has 0 aliphatic carbocycles. The van der Waals surface area contributed by atoms with Crippen LogP contribution in [0.4, 0.5) is 0 Å². The van der Waals surface area contributed by atoms with E-state index in [0.717, 1.165) is 10.9 Å². The Kier molecular flexibility index (Phi) is 4.79. The van der Waals surface area contributed by atoms with E-state index in [9.17, 15) is 9.90 Å². The van der Waals surface area contributed by atoms with Crippen LogP contribution < -0.4 is 10.9 Å². The second kappa shape index (κ2) is 7.39. The molecular formula is C22H19NO3S. The van der Waals surface area contributed by atoms with Crippen LogP contribution in [0.15, 0.2) is 75.3 Å². The Labute approximate surface area is 160 Å². The van der Waals surface area contributed by atoms with E-state index in [1.165, 1.54) is 16.5 Å². The lowest BCUT2D eigenvalue weighted by Gasteiger charge is -2.19. The smallest absolute Gasteiger partial charge is 0.336 e. The van der Waals surface area contributed by atoms with Crippen LogP contribution in [0.3, 0.4) is 0 Å². The van der Waals surface area contributed by atoms with Crippen LogP contribution in [0.2, 0.25) is 0 Å². The van der Waals surface area contributed by atoms with E-state index in [1.807, 2.05) is 24.3 Å². The first kappa shape index (κ1) is 17.5. The lowest BCUT2D eigenvalue weighted by atomic mass is 10.0. The van der Waals surface area contributed by atoms with Crippen LogP contribution >= 0.6 is 11.3 Å². The van der Waals surface area contributed by atoms with E-state index in [-0.39, 0.29) is 11.8 Å². The van der Waals surface area contributed by atoms with Gasteiger partial charge in [-0.15, -0.1) is 11.3 Å². The molecule has 0 saturated heterocycles. The Morgan fingerprint density at radius 1 is 1.11 bits per heavy atom. The van der Waals surface area contributed by atoms with Gasteiger partial charge in [0.15, 0.2) is 0 Å². The molecule has 0 amide bonds. The maximum Gasteiger partial charge on any atom is 0.336 e. The number of phenols is 1. The van der Waals surface area contributed by atoms with Gasteiger partial charge >= 0.3 is 5.63 Å². The van der Waals surface area contributed by atoms with Crippen LogP contribution in [0.5, 0.6) is 5.75 Å². The first-order valence-electron chi connectivity index (χ1n) is 8.70. The number of hydrogen-bond acceptors (Lipinski definition) is 5. The molecule has 4 aromatic rings. The van der Waals surface area contributed by atoms with Crippen LogP contribution in [0, 0.1) is 6.92 Å². The first-order chi connectivity index (χ1) is 13.1. The Morgan fingerprint density at radius 3 is 2.67 bits per heavy atom. The second-order valence-corrected chi connectivity index (χ2v) is 7.40. The maximum absolute atomic E-state index is 12.0. The van der Waals surface area contributed by atoms with Gasteiger partial charge in [-0.1, -0.05) is 36.4 Å². The molecule has 2 aromatic carbocycles. The summed E-state index contributed by atoms with van der Waals surface area (Å²) in [5.41, 5.74) is 2.61. The number of aryl methyl sites for hydroxylation is 1. The quantitative estimate of drug-likeness (QED) is 0.493. The molecule has 4 rings (SSSR count). The standard InChI is InChI=1S/C22H19NO3S/c1-14-18(24)10-9-17-16(12-20(25)26-22(14)17)13-23-21(19-8-5-11-27-19)15-6-3-2-4-7-15/h2-12,21,23-24H,13H2,1H3/t21-/m0/s1. The van der Waals surface area contributed by atoms with Crippen molar-refractivity contribution in [3.63, 3.8) is 0 Å². The summed E-state index contributed by atoms with van der Waals surface area (Å²) in [5, 5.41) is 16.4. The fraction of sp³-hybridized carbons (Fsp3) is 0.136. The normalized spacial score (nSPS) is 12.3. The van der Waals surface area contributed by atoms with E-state index in [0.29, 0.717) is 17.7 Å². The van der Waals surface area contributed by atoms with E-state index >= 15 is 0 Å². The number of fused-ring (bicyclic) bond motifs is 1. The fourth-order valence-corrected chi connectivity index (χ4v) is 4.08. The number of benzene rings is 2. The molecular weight excluding hydrogens is 358 g/mol. The lowest BCUT2D eigenvalue weighted by Crippen LogP contribution is -2.22. The van der Waals surface area contributed by atoms with Crippen molar-refractivity contribution in [1.29, 1.82) is 0 Å². The van der Waals surface area contributed by atoms with Crippen molar-refractivity contribution in [2.75, 3.05) is 0 Å². The molecule has 5 heteroatoms. The molecule has 27 heavy (non-hydrogen) atoms. The highest BCUT2D eigenvalue weighted by Gasteiger charge is 2.16. The zero-order chi connectivity index (χ0) is 18.8. The predicted octanol–water partition coefficient (Wildman–Crippen LogP) is 4.75. The summed E-state index contributed by atoms with van der Waals surface area (Å²) in [6, 6.07) is 19.4. The summed E-state index contributed by atoms with van der Waals surface area (Å²) in [5.74, 6) is 0.122. The molecule has 2 aromatic heterocycles. The summed E-state index contributed by atoms with van der Waals surface area (Å²) in [4.78, 5) is 13.2. The van der Waals surface area contributed by atoms with E-state index < -0.39 is 5.63 Å². The third kappa shape index (κ3) is 3.52. The van der Waals surface area contributed by atoms with Crippen molar-refractivity contribution in [1.82, 2.24) is 5.32 Å². The number of thiophene rings is 1. The van der Waals surface area contributed by atoms with Crippen LogP contribution in [0.1, 0.15) is 27.6 Å². The van der Waals surface area contributed by atoms with Crippen molar-refractivity contribution >= 4 is 22.3 Å². The van der Waals surface area contributed by atoms with Gasteiger partial charge in [-0.3, -0.25) is 0 Å². The number of aromatic hydroxyl groups is 1. The largest absolute Gasteiger partial charge is 0.508 e. The minimum Gasteiger partial charge on any atom is -0.508 e. The van der Waals surface area contributed by atoms with Crippen molar-refractivity contribution in [2.24, 2.45) is 0 Å². The summed E-state index contributed by atoms with van der Waals surface area (Å²) >= 11 is 1.70. The van der Waals surface area contributed by atoms with Crippen molar-refractivity contribution in [3.8, 4) is 5.75 Å². The van der Waals surface area contributed by atoms with Gasteiger partial charge in [-0.05, 0) is 41.6 Å². The molecule has 2 heterocycles. The topological polar surface area (TPSA) is 62.5 Å². The number of hydrogen-bond donors (Lipinski definition) is 2. The lowest BCUT2D eigenvalue weighted by molar-refractivity contribution is 0.468. The minimum absolute atomic E-state index is 0.0340. The summed E-state index contributed by atoms with van der Waals surface area (Å²) < 4.78 is 5.34. The second-order valence-electron chi connectivity index (χ2n) is 6.42. The van der Waals surface area contributed by atoms with Gasteiger partial charge in [0.2, 0.25) is 0 Å². The molecule has 0 fully saturated rings. The van der Waals surface area contributed by atoms with Gasteiger partial charge in [-0.25, -0.2) is 4.79 Å². The highest BCUT2D eigenvalue weighted by atomic mass is 32.1. The average Bonchev–Trinajstić information content (AvgIpc) is 3.20. The zero-order valence-electron chi connectivity index (χ0n) is 14.8. The molecule has 136 valence electrons. The number of nitrogens with one attached hydrogen (secondary N) is 1. The Hall–Kier alpha value is -2.89. The Morgan fingerprint density at radius 2 is 1.93 bits per heavy atom. The number of rotatable bonds is 5. The molecule has 2 N–H and O–H groups in total. The molecule has 0 radical (unpaired) electrons. The Bertz CT molecular complexity index is 1120. The van der Waals surface area contributed by atoms with Gasteiger partial charge in [0, 0.05) is 28.4 Å². The predicted molar refractivity (Wildman–Crippen MR) is 108 cm³/mol. The van der Waals surface area contributed by atoms with Gasteiger partial charge in [-0.2, -0.15) is 0 Å². The van der Waals surface area contributed by atoms with E-state index in [2.05, 4.69) is 28.9 Å². The molecule has 0 unspecified atom stereocenters. The van der Waals surface area contributed by atoms with Crippen molar-refractivity contribution in [3.05, 3.63) is 98.0 Å². The summed E-state index contributed by atoms with van der Waals surface area (Å²) in [7, 11) is 0. The molecule has 0 bridgehead atoms. The van der Waals surface area contributed by atoms with Gasteiger partial charge in [0.05, 0.1) is 6.04 Å². The SMILES string of the molecule is Cc1c(O)ccc2c(CN[C@@H](c3ccccc3)c3cccs3)cc(=O)oc12. The average molecular weight is 377 g/mol. The van der Waals surface area contributed by atoms with Gasteiger partial charge in [0.1, 0.15) is 11.3 Å². The summed E-state index contributed by atoms with van der Waals surface area (Å²) in [6.07, 6.45) is 0. The van der Waals surface area contributed by atoms with E-state index in [4.69, 9.17) is 4.42 Å². The van der Waals surface area contributed by atoms with Crippen LogP contribution in [0.25, 0.3) is 11.0 Å². The highest BCUT2D eigenvalue weighted by Crippen LogP contribution is 2.29. The molecule has 0 saturated carbocycles. The fourth-order valence-electron chi connectivity index (χ4n) is 3.26. The van der Waals surface area contributed by atoms with Crippen LogP contribution in [-0.2, 0) is 6.54 Å². The number of phenolic OH excluding ortho intramolecular Hbond substituents is 1. The van der Waals surface area contributed by atoms with Crippen LogP contribution in [-0.4, -0.2) is 5.11 Å².